The number of rotatable bonds is 5. The molecule has 0 aliphatic rings. The minimum absolute atomic E-state index is 0. The third-order valence-corrected chi connectivity index (χ3v) is 11.0. The summed E-state index contributed by atoms with van der Waals surface area (Å²) in [5, 5.41) is 5.81. The second-order valence-corrected chi connectivity index (χ2v) is 14.9. The van der Waals surface area contributed by atoms with Gasteiger partial charge in [-0.15, -0.1) is 12.1 Å². The molecule has 0 radical (unpaired) electrons. The largest absolute Gasteiger partial charge is 2.00 e. The van der Waals surface area contributed by atoms with Crippen LogP contribution in [0.3, 0.4) is 0 Å². The van der Waals surface area contributed by atoms with Gasteiger partial charge in [0.05, 0.1) is 33.4 Å². The Morgan fingerprint density at radius 2 is 1.12 bits per heavy atom. The molecule has 0 spiro atoms. The first-order chi connectivity index (χ1) is 26.9. The first-order valence-corrected chi connectivity index (χ1v) is 18.8. The smallest absolute Gasteiger partial charge is 0.497 e. The summed E-state index contributed by atoms with van der Waals surface area (Å²) in [7, 11) is 0. The molecule has 7 nitrogen and oxygen atoms in total. The summed E-state index contributed by atoms with van der Waals surface area (Å²) in [5.41, 5.74) is 12.6. The van der Waals surface area contributed by atoms with Crippen LogP contribution in [-0.2, 0) is 20.4 Å². The van der Waals surface area contributed by atoms with E-state index >= 15 is 0 Å². The summed E-state index contributed by atoms with van der Waals surface area (Å²) in [6.07, 6.45) is 3.43. The van der Waals surface area contributed by atoms with E-state index in [1.54, 1.807) is 6.33 Å². The van der Waals surface area contributed by atoms with Gasteiger partial charge >= 0.3 is 20.4 Å². The van der Waals surface area contributed by atoms with Crippen molar-refractivity contribution in [3.05, 3.63) is 145 Å². The predicted molar refractivity (Wildman–Crippen MR) is 222 cm³/mol. The van der Waals surface area contributed by atoms with Crippen LogP contribution in [0.5, 0.6) is 11.5 Å². The molecular weight excluding hydrogens is 783 g/mol. The van der Waals surface area contributed by atoms with E-state index < -0.39 is 0 Å². The topological polar surface area (TPSA) is 69.6 Å². The average molecular weight is 817 g/mol. The van der Waals surface area contributed by atoms with Crippen molar-refractivity contribution < 1.29 is 25.2 Å². The van der Waals surface area contributed by atoms with Crippen molar-refractivity contribution >= 4 is 76.8 Å². The van der Waals surface area contributed by atoms with E-state index in [0.717, 1.165) is 76.8 Å². The van der Waals surface area contributed by atoms with Crippen molar-refractivity contribution in [1.29, 1.82) is 0 Å². The molecule has 272 valence electrons. The van der Waals surface area contributed by atoms with Crippen LogP contribution < -0.4 is 4.74 Å². The molecule has 5 aromatic heterocycles. The van der Waals surface area contributed by atoms with E-state index in [4.69, 9.17) is 14.7 Å². The maximum Gasteiger partial charge on any atom is 2.00 e. The molecule has 0 fully saturated rings. The van der Waals surface area contributed by atoms with Gasteiger partial charge in [-0.05, 0) is 58.2 Å². The van der Waals surface area contributed by atoms with Gasteiger partial charge in [0.1, 0.15) is 12.0 Å². The Kier molecular flexibility index (Phi) is 7.93. The maximum atomic E-state index is 6.63. The molecule has 0 amide bonds. The number of aromatic nitrogens is 6. The molecule has 0 saturated heterocycles. The molecule has 0 N–H and O–H groups in total. The molecule has 0 bridgehead atoms. The molecule has 0 unspecified atom stereocenters. The number of para-hydroxylation sites is 5. The number of fused-ring (bicyclic) bond motifs is 16. The normalized spacial score (nSPS) is 12.1. The van der Waals surface area contributed by atoms with Crippen LogP contribution >= 0.6 is 0 Å². The van der Waals surface area contributed by atoms with E-state index in [1.165, 1.54) is 22.3 Å². The number of benzene rings is 6. The minimum atomic E-state index is 0. The molecule has 0 aliphatic heterocycles. The second kappa shape index (κ2) is 12.9. The number of nitrogens with zero attached hydrogens (tertiary/aromatic N) is 6. The third kappa shape index (κ3) is 4.99. The fourth-order valence-electron chi connectivity index (χ4n) is 8.57. The SMILES string of the molecule is CC(C)c1cccc(C(C)C)c1-c1cccc2c3ccc(Oc4[c-]c5c(cc4)c4cncnc4n4c6ccccc6nc54)[c-]c3c3nc4ccccc4n3c12.[Pd+2]. The van der Waals surface area contributed by atoms with Gasteiger partial charge in [-0.25, -0.2) is 9.97 Å². The van der Waals surface area contributed by atoms with Crippen molar-refractivity contribution in [1.82, 2.24) is 28.7 Å². The molecule has 11 rings (SSSR count). The van der Waals surface area contributed by atoms with Gasteiger partial charge in [0.25, 0.3) is 0 Å². The van der Waals surface area contributed by atoms with Crippen LogP contribution in [0.25, 0.3) is 88.0 Å². The van der Waals surface area contributed by atoms with Gasteiger partial charge < -0.3 is 13.5 Å². The van der Waals surface area contributed by atoms with Crippen LogP contribution in [-0.4, -0.2) is 28.7 Å². The Morgan fingerprint density at radius 3 is 1.77 bits per heavy atom. The second-order valence-electron chi connectivity index (χ2n) is 14.9. The van der Waals surface area contributed by atoms with Crippen molar-refractivity contribution in [3.8, 4) is 22.6 Å². The molecule has 0 saturated carbocycles. The van der Waals surface area contributed by atoms with E-state index in [-0.39, 0.29) is 20.4 Å². The number of hydrogen-bond acceptors (Lipinski definition) is 5. The van der Waals surface area contributed by atoms with E-state index in [1.807, 2.05) is 48.7 Å². The van der Waals surface area contributed by atoms with Crippen LogP contribution in [0, 0.1) is 12.1 Å². The Balaban J connectivity index is 0.00000384. The molecule has 56 heavy (non-hydrogen) atoms. The number of hydrogen-bond donors (Lipinski definition) is 0. The van der Waals surface area contributed by atoms with Gasteiger partial charge in [0, 0.05) is 34.2 Å². The Morgan fingerprint density at radius 1 is 0.554 bits per heavy atom. The van der Waals surface area contributed by atoms with Crippen molar-refractivity contribution in [2.75, 3.05) is 0 Å². The summed E-state index contributed by atoms with van der Waals surface area (Å²) in [6.45, 7) is 9.13. The molecule has 11 aromatic rings. The molecule has 5 heterocycles. The van der Waals surface area contributed by atoms with Crippen LogP contribution in [0.15, 0.2) is 122 Å². The predicted octanol–water partition coefficient (Wildman–Crippen LogP) is 12.0. The molecule has 8 heteroatoms. The van der Waals surface area contributed by atoms with Gasteiger partial charge in [-0.1, -0.05) is 134 Å². The molecule has 0 aliphatic carbocycles. The standard InChI is InChI=1S/C48H34N6O.Pd/c1-27(2)31-11-9-12-32(28(3)4)44(31)36-14-10-13-35-33-21-19-29(23-37(33)47-51-40-15-5-7-17-42(40)53(47)45(35)36)55-30-20-22-34-38(24-30)48-52-41-16-6-8-18-43(41)54(48)46-39(34)25-49-26-50-46;/h5-22,25-28H,1-4H3;/q-2;+2. The van der Waals surface area contributed by atoms with E-state index in [9.17, 15) is 0 Å². The van der Waals surface area contributed by atoms with Crippen LogP contribution in [0.4, 0.5) is 0 Å². The van der Waals surface area contributed by atoms with E-state index in [2.05, 4.69) is 125 Å². The summed E-state index contributed by atoms with van der Waals surface area (Å²) in [5.74, 6) is 1.85. The third-order valence-electron chi connectivity index (χ3n) is 11.0. The molecule has 0 atom stereocenters. The van der Waals surface area contributed by atoms with Crippen molar-refractivity contribution in [3.63, 3.8) is 0 Å². The fraction of sp³-hybridized carbons (Fsp3) is 0.125. The number of ether oxygens (including phenoxy) is 1. The Hall–Kier alpha value is -6.20. The fourth-order valence-corrected chi connectivity index (χ4v) is 8.57. The quantitative estimate of drug-likeness (QED) is 0.0983. The minimum Gasteiger partial charge on any atom is -0.497 e. The van der Waals surface area contributed by atoms with E-state index in [0.29, 0.717) is 23.3 Å². The first kappa shape index (κ1) is 34.3. The van der Waals surface area contributed by atoms with Crippen molar-refractivity contribution in [2.45, 2.75) is 39.5 Å². The van der Waals surface area contributed by atoms with Gasteiger partial charge in [-0.2, -0.15) is 0 Å². The van der Waals surface area contributed by atoms with Crippen molar-refractivity contribution in [2.24, 2.45) is 0 Å². The first-order valence-electron chi connectivity index (χ1n) is 18.8. The zero-order valence-electron chi connectivity index (χ0n) is 31.1. The van der Waals surface area contributed by atoms with Crippen LogP contribution in [0.2, 0.25) is 0 Å². The van der Waals surface area contributed by atoms with Gasteiger partial charge in [0.15, 0.2) is 0 Å². The van der Waals surface area contributed by atoms with Crippen LogP contribution in [0.1, 0.15) is 50.7 Å². The Bertz CT molecular complexity index is 3350. The van der Waals surface area contributed by atoms with Gasteiger partial charge in [-0.3, -0.25) is 9.97 Å². The Labute approximate surface area is 336 Å². The molecular formula is C48H34N6OPd. The monoisotopic (exact) mass is 816 g/mol. The maximum absolute atomic E-state index is 6.63. The summed E-state index contributed by atoms with van der Waals surface area (Å²) < 4.78 is 11.0. The number of imidazole rings is 2. The zero-order chi connectivity index (χ0) is 36.9. The summed E-state index contributed by atoms with van der Waals surface area (Å²) >= 11 is 0. The summed E-state index contributed by atoms with van der Waals surface area (Å²) in [4.78, 5) is 19.3. The zero-order valence-corrected chi connectivity index (χ0v) is 32.7. The molecule has 6 aromatic carbocycles. The average Bonchev–Trinajstić information content (AvgIpc) is 3.80. The van der Waals surface area contributed by atoms with Gasteiger partial charge in [0.2, 0.25) is 0 Å². The summed E-state index contributed by atoms with van der Waals surface area (Å²) in [6, 6.07) is 45.3. The number of pyridine rings is 2.